The molecule has 1 saturated heterocycles. The lowest BCUT2D eigenvalue weighted by Crippen LogP contribution is -2.27. The van der Waals surface area contributed by atoms with Crippen LogP contribution < -0.4 is 14.5 Å². The molecule has 0 radical (unpaired) electrons. The van der Waals surface area contributed by atoms with Gasteiger partial charge in [0.1, 0.15) is 5.75 Å². The summed E-state index contributed by atoms with van der Waals surface area (Å²) in [7, 11) is 1.59. The predicted octanol–water partition coefficient (Wildman–Crippen LogP) is 6.85. The van der Waals surface area contributed by atoms with Gasteiger partial charge in [-0.3, -0.25) is 4.79 Å². The van der Waals surface area contributed by atoms with Crippen molar-refractivity contribution in [1.82, 2.24) is 0 Å². The molecular formula is C29H22N2O3S. The first kappa shape index (κ1) is 22.4. The third kappa shape index (κ3) is 4.65. The zero-order valence-electron chi connectivity index (χ0n) is 19.0. The lowest BCUT2D eigenvalue weighted by atomic mass is 10.1. The van der Waals surface area contributed by atoms with E-state index in [1.165, 1.54) is 4.90 Å². The Balaban J connectivity index is 1.41. The van der Waals surface area contributed by atoms with Crippen LogP contribution in [0.25, 0.3) is 6.08 Å². The number of para-hydroxylation sites is 2. The summed E-state index contributed by atoms with van der Waals surface area (Å²) < 4.78 is 10.8. The number of amides is 1. The smallest absolute Gasteiger partial charge is 0.301 e. The second-order valence-electron chi connectivity index (χ2n) is 7.81. The summed E-state index contributed by atoms with van der Waals surface area (Å²) >= 11 is 5.32. The van der Waals surface area contributed by atoms with Gasteiger partial charge in [0.25, 0.3) is 5.17 Å². The fourth-order valence-corrected chi connectivity index (χ4v) is 4.17. The van der Waals surface area contributed by atoms with E-state index in [2.05, 4.69) is 29.2 Å². The van der Waals surface area contributed by atoms with Crippen LogP contribution in [0.2, 0.25) is 0 Å². The molecule has 5 rings (SSSR count). The van der Waals surface area contributed by atoms with Crippen molar-refractivity contribution in [3.8, 4) is 5.75 Å². The van der Waals surface area contributed by atoms with E-state index in [9.17, 15) is 4.79 Å². The van der Waals surface area contributed by atoms with Gasteiger partial charge < -0.3 is 14.4 Å². The molecule has 0 N–H and O–H groups in total. The Kier molecular flexibility index (Phi) is 6.28. The van der Waals surface area contributed by atoms with Crippen LogP contribution >= 0.6 is 12.2 Å². The summed E-state index contributed by atoms with van der Waals surface area (Å²) in [6.45, 7) is 0. The minimum absolute atomic E-state index is 0.0994. The van der Waals surface area contributed by atoms with E-state index in [1.54, 1.807) is 37.5 Å². The van der Waals surface area contributed by atoms with Crippen molar-refractivity contribution in [3.63, 3.8) is 0 Å². The number of benzene rings is 4. The molecule has 6 heteroatoms. The highest BCUT2D eigenvalue weighted by molar-refractivity contribution is 7.80. The van der Waals surface area contributed by atoms with Gasteiger partial charge in [-0.1, -0.05) is 48.5 Å². The minimum atomic E-state index is -0.306. The average molecular weight is 479 g/mol. The highest BCUT2D eigenvalue weighted by Crippen LogP contribution is 2.34. The van der Waals surface area contributed by atoms with Crippen LogP contribution in [0.15, 0.2) is 115 Å². The van der Waals surface area contributed by atoms with Crippen LogP contribution in [0.5, 0.6) is 5.75 Å². The van der Waals surface area contributed by atoms with Crippen molar-refractivity contribution in [3.05, 3.63) is 121 Å². The van der Waals surface area contributed by atoms with Crippen molar-refractivity contribution in [2.75, 3.05) is 16.9 Å². The number of anilines is 4. The predicted molar refractivity (Wildman–Crippen MR) is 143 cm³/mol. The summed E-state index contributed by atoms with van der Waals surface area (Å²) in [5.41, 5.74) is 4.57. The molecule has 1 amide bonds. The molecule has 0 saturated carbocycles. The van der Waals surface area contributed by atoms with Gasteiger partial charge in [0, 0.05) is 17.1 Å². The van der Waals surface area contributed by atoms with Crippen LogP contribution in [-0.2, 0) is 9.53 Å². The number of carbonyl (C=O) groups excluding carboxylic acids is 1. The molecule has 0 aliphatic carbocycles. The van der Waals surface area contributed by atoms with Crippen molar-refractivity contribution >= 4 is 52.1 Å². The molecule has 4 aromatic carbocycles. The summed E-state index contributed by atoms with van der Waals surface area (Å²) in [5.74, 6) is 0.573. The molecule has 4 aromatic rings. The Morgan fingerprint density at radius 3 is 1.86 bits per heavy atom. The third-order valence-electron chi connectivity index (χ3n) is 5.60. The van der Waals surface area contributed by atoms with Crippen molar-refractivity contribution < 1.29 is 14.3 Å². The van der Waals surface area contributed by atoms with Crippen LogP contribution in [0.3, 0.4) is 0 Å². The zero-order valence-corrected chi connectivity index (χ0v) is 19.8. The molecule has 0 atom stereocenters. The Morgan fingerprint density at radius 1 is 0.771 bits per heavy atom. The summed E-state index contributed by atoms with van der Waals surface area (Å²) in [6, 6.07) is 35.4. The van der Waals surface area contributed by atoms with Gasteiger partial charge in [-0.05, 0) is 84.5 Å². The van der Waals surface area contributed by atoms with Gasteiger partial charge in [0.2, 0.25) is 0 Å². The number of carbonyl (C=O) groups is 1. The second-order valence-corrected chi connectivity index (χ2v) is 8.16. The Morgan fingerprint density at radius 2 is 1.31 bits per heavy atom. The van der Waals surface area contributed by atoms with E-state index < -0.39 is 0 Å². The van der Waals surface area contributed by atoms with E-state index >= 15 is 0 Å². The van der Waals surface area contributed by atoms with Crippen molar-refractivity contribution in [1.29, 1.82) is 0 Å². The fraction of sp³-hybridized carbons (Fsp3) is 0.0345. The molecule has 5 nitrogen and oxygen atoms in total. The molecular weight excluding hydrogens is 456 g/mol. The van der Waals surface area contributed by atoms with Gasteiger partial charge in [-0.2, -0.15) is 0 Å². The summed E-state index contributed by atoms with van der Waals surface area (Å²) in [6.07, 6.45) is 1.71. The lowest BCUT2D eigenvalue weighted by Gasteiger charge is -2.25. The van der Waals surface area contributed by atoms with E-state index in [0.29, 0.717) is 11.4 Å². The largest absolute Gasteiger partial charge is 0.497 e. The normalized spacial score (nSPS) is 14.2. The van der Waals surface area contributed by atoms with E-state index in [1.807, 2.05) is 60.7 Å². The number of nitrogens with zero attached hydrogens (tertiary/aromatic N) is 2. The van der Waals surface area contributed by atoms with Gasteiger partial charge in [0.15, 0.2) is 5.76 Å². The fourth-order valence-electron chi connectivity index (χ4n) is 3.89. The van der Waals surface area contributed by atoms with Gasteiger partial charge in [-0.25, -0.2) is 4.90 Å². The maximum atomic E-state index is 13.0. The standard InChI is InChI=1S/C29H22N2O3S/c1-33-26-18-16-25(17-19-26)31-28(32)27(34-29(31)35)20-21-12-14-24(15-13-21)30(22-8-4-2-5-9-22)23-10-6-3-7-11-23/h2-20H,1H3/b27-20+. The quantitative estimate of drug-likeness (QED) is 0.224. The number of rotatable bonds is 6. The topological polar surface area (TPSA) is 42.0 Å². The molecule has 172 valence electrons. The first-order chi connectivity index (χ1) is 17.1. The molecule has 1 heterocycles. The van der Waals surface area contributed by atoms with E-state index in [0.717, 1.165) is 22.6 Å². The highest BCUT2D eigenvalue weighted by Gasteiger charge is 2.34. The lowest BCUT2D eigenvalue weighted by molar-refractivity contribution is -0.114. The van der Waals surface area contributed by atoms with Crippen LogP contribution in [0.1, 0.15) is 5.56 Å². The minimum Gasteiger partial charge on any atom is -0.497 e. The first-order valence-electron chi connectivity index (χ1n) is 11.1. The molecule has 1 aliphatic rings. The first-order valence-corrected chi connectivity index (χ1v) is 11.5. The molecule has 0 aromatic heterocycles. The molecule has 0 unspecified atom stereocenters. The van der Waals surface area contributed by atoms with Crippen LogP contribution in [0, 0.1) is 0 Å². The number of hydrogen-bond donors (Lipinski definition) is 0. The Hall–Kier alpha value is -4.42. The average Bonchev–Trinajstić information content (AvgIpc) is 3.19. The SMILES string of the molecule is COc1ccc(N2C(=O)/C(=C\c3ccc(N(c4ccccc4)c4ccccc4)cc3)OC2=S)cc1. The summed E-state index contributed by atoms with van der Waals surface area (Å²) in [4.78, 5) is 16.6. The number of thiocarbonyl (C=S) groups is 1. The van der Waals surface area contributed by atoms with Gasteiger partial charge in [0.05, 0.1) is 12.8 Å². The maximum absolute atomic E-state index is 13.0. The van der Waals surface area contributed by atoms with E-state index in [4.69, 9.17) is 21.7 Å². The number of hydrogen-bond acceptors (Lipinski definition) is 5. The Labute approximate surface area is 209 Å². The van der Waals surface area contributed by atoms with E-state index in [-0.39, 0.29) is 16.8 Å². The number of methoxy groups -OCH3 is 1. The zero-order chi connectivity index (χ0) is 24.2. The molecule has 0 bridgehead atoms. The van der Waals surface area contributed by atoms with Crippen molar-refractivity contribution in [2.45, 2.75) is 0 Å². The van der Waals surface area contributed by atoms with Gasteiger partial charge >= 0.3 is 5.91 Å². The van der Waals surface area contributed by atoms with Crippen LogP contribution in [0.4, 0.5) is 22.7 Å². The second kappa shape index (κ2) is 9.83. The highest BCUT2D eigenvalue weighted by atomic mass is 32.1. The maximum Gasteiger partial charge on any atom is 0.301 e. The number of ether oxygens (including phenoxy) is 2. The molecule has 35 heavy (non-hydrogen) atoms. The van der Waals surface area contributed by atoms with Gasteiger partial charge in [-0.15, -0.1) is 0 Å². The summed E-state index contributed by atoms with van der Waals surface area (Å²) in [5, 5.41) is 0.0994. The third-order valence-corrected chi connectivity index (χ3v) is 5.87. The monoisotopic (exact) mass is 478 g/mol. The van der Waals surface area contributed by atoms with Crippen LogP contribution in [-0.4, -0.2) is 18.2 Å². The molecule has 0 spiro atoms. The molecule has 1 fully saturated rings. The molecule has 1 aliphatic heterocycles. The van der Waals surface area contributed by atoms with Crippen molar-refractivity contribution in [2.24, 2.45) is 0 Å². The Bertz CT molecular complexity index is 1330.